The van der Waals surface area contributed by atoms with Crippen LogP contribution in [-0.4, -0.2) is 16.0 Å². The maximum absolute atomic E-state index is 11.3. The zero-order valence-electron chi connectivity index (χ0n) is 19.1. The molecule has 35 heavy (non-hydrogen) atoms. The highest BCUT2D eigenvalue weighted by molar-refractivity contribution is 7.14. The van der Waals surface area contributed by atoms with Crippen LogP contribution in [0.25, 0.3) is 21.7 Å². The summed E-state index contributed by atoms with van der Waals surface area (Å²) in [4.78, 5) is 11.3. The van der Waals surface area contributed by atoms with E-state index in [0.29, 0.717) is 6.42 Å². The molecule has 172 valence electrons. The fraction of sp³-hybridized carbons (Fsp3) is 0.0690. The lowest BCUT2D eigenvalue weighted by atomic mass is 10.0. The van der Waals surface area contributed by atoms with Crippen molar-refractivity contribution in [1.82, 2.24) is 10.2 Å². The van der Waals surface area contributed by atoms with Gasteiger partial charge in [-0.2, -0.15) is 0 Å². The van der Waals surface area contributed by atoms with Gasteiger partial charge in [-0.3, -0.25) is 4.79 Å². The predicted molar refractivity (Wildman–Crippen MR) is 141 cm³/mol. The van der Waals surface area contributed by atoms with Crippen molar-refractivity contribution in [3.63, 3.8) is 0 Å². The minimum Gasteiger partial charge on any atom is -0.457 e. The van der Waals surface area contributed by atoms with Crippen LogP contribution in [0.3, 0.4) is 0 Å². The van der Waals surface area contributed by atoms with Crippen molar-refractivity contribution in [2.24, 2.45) is 0 Å². The molecule has 0 aliphatic heterocycles. The molecule has 6 heteroatoms. The van der Waals surface area contributed by atoms with Gasteiger partial charge in [-0.25, -0.2) is 0 Å². The van der Waals surface area contributed by atoms with Gasteiger partial charge >= 0.3 is 0 Å². The molecule has 1 heterocycles. The molecule has 0 fully saturated rings. The minimum absolute atomic E-state index is 0.0873. The SMILES string of the molecule is CC(=O)Cc1nnc(-c2ccc(Nc3ccccc3-c3ccc(Oc4ccccc4)cc3)cc2)s1. The van der Waals surface area contributed by atoms with E-state index in [1.807, 2.05) is 78.9 Å². The second-order valence-electron chi connectivity index (χ2n) is 8.07. The molecule has 1 aromatic heterocycles. The molecule has 0 atom stereocenters. The Labute approximate surface area is 208 Å². The largest absolute Gasteiger partial charge is 0.457 e. The average Bonchev–Trinajstić information content (AvgIpc) is 3.34. The van der Waals surface area contributed by atoms with Crippen LogP contribution < -0.4 is 10.1 Å². The summed E-state index contributed by atoms with van der Waals surface area (Å²) in [6, 6.07) is 34.1. The van der Waals surface area contributed by atoms with E-state index in [9.17, 15) is 4.79 Å². The fourth-order valence-electron chi connectivity index (χ4n) is 3.68. The van der Waals surface area contributed by atoms with Gasteiger partial charge in [-0.1, -0.05) is 59.9 Å². The zero-order valence-corrected chi connectivity index (χ0v) is 20.0. The molecule has 0 aliphatic rings. The molecule has 5 rings (SSSR count). The number of benzene rings is 4. The number of ketones is 1. The molecule has 5 nitrogen and oxygen atoms in total. The van der Waals surface area contributed by atoms with Gasteiger partial charge in [0.05, 0.1) is 6.42 Å². The van der Waals surface area contributed by atoms with Crippen LogP contribution in [0.4, 0.5) is 11.4 Å². The number of hydrogen-bond acceptors (Lipinski definition) is 6. The number of anilines is 2. The van der Waals surface area contributed by atoms with Gasteiger partial charge in [0.15, 0.2) is 0 Å². The monoisotopic (exact) mass is 477 g/mol. The summed E-state index contributed by atoms with van der Waals surface area (Å²) in [7, 11) is 0. The molecule has 0 unspecified atom stereocenters. The molecule has 4 aromatic carbocycles. The molecule has 1 N–H and O–H groups in total. The highest BCUT2D eigenvalue weighted by atomic mass is 32.1. The molecule has 0 aliphatic carbocycles. The topological polar surface area (TPSA) is 64.1 Å². The van der Waals surface area contributed by atoms with Crippen LogP contribution in [0.2, 0.25) is 0 Å². The third kappa shape index (κ3) is 5.62. The van der Waals surface area contributed by atoms with E-state index in [0.717, 1.165) is 49.6 Å². The summed E-state index contributed by atoms with van der Waals surface area (Å²) in [6.45, 7) is 1.56. The number of carbonyl (C=O) groups is 1. The number of carbonyl (C=O) groups excluding carboxylic acids is 1. The van der Waals surface area contributed by atoms with Crippen molar-refractivity contribution in [1.29, 1.82) is 0 Å². The Morgan fingerprint density at radius 1 is 0.771 bits per heavy atom. The van der Waals surface area contributed by atoms with Gasteiger partial charge in [0, 0.05) is 22.5 Å². The maximum atomic E-state index is 11.3. The number of aromatic nitrogens is 2. The Hall–Kier alpha value is -4.29. The van der Waals surface area contributed by atoms with Crippen molar-refractivity contribution in [3.8, 4) is 33.2 Å². The number of para-hydroxylation sites is 2. The Morgan fingerprint density at radius 3 is 2.17 bits per heavy atom. The molecular weight excluding hydrogens is 454 g/mol. The first-order valence-electron chi connectivity index (χ1n) is 11.3. The van der Waals surface area contributed by atoms with Crippen molar-refractivity contribution in [2.45, 2.75) is 13.3 Å². The Balaban J connectivity index is 1.31. The first-order valence-corrected chi connectivity index (χ1v) is 12.1. The molecular formula is C29H23N3O2S. The van der Waals surface area contributed by atoms with Crippen LogP contribution in [-0.2, 0) is 11.2 Å². The highest BCUT2D eigenvalue weighted by Crippen LogP contribution is 2.33. The number of nitrogens with zero attached hydrogens (tertiary/aromatic N) is 2. The van der Waals surface area contributed by atoms with E-state index in [-0.39, 0.29) is 5.78 Å². The van der Waals surface area contributed by atoms with Crippen LogP contribution in [0.15, 0.2) is 103 Å². The van der Waals surface area contributed by atoms with Crippen LogP contribution >= 0.6 is 11.3 Å². The normalized spacial score (nSPS) is 10.7. The number of nitrogens with one attached hydrogen (secondary N) is 1. The van der Waals surface area contributed by atoms with Crippen LogP contribution in [0.5, 0.6) is 11.5 Å². The van der Waals surface area contributed by atoms with E-state index in [1.54, 1.807) is 6.92 Å². The first kappa shape index (κ1) is 22.5. The van der Waals surface area contributed by atoms with Crippen molar-refractivity contribution < 1.29 is 9.53 Å². The summed E-state index contributed by atoms with van der Waals surface area (Å²) >= 11 is 1.45. The maximum Gasteiger partial charge on any atom is 0.147 e. The van der Waals surface area contributed by atoms with Gasteiger partial charge in [0.2, 0.25) is 0 Å². The molecule has 0 amide bonds. The van der Waals surface area contributed by atoms with Crippen LogP contribution in [0, 0.1) is 0 Å². The number of Topliss-reactive ketones (excluding diaryl/α,β-unsaturated/α-hetero) is 1. The highest BCUT2D eigenvalue weighted by Gasteiger charge is 2.10. The molecule has 0 bridgehead atoms. The Bertz CT molecular complexity index is 1430. The lowest BCUT2D eigenvalue weighted by Gasteiger charge is -2.13. The van der Waals surface area contributed by atoms with Gasteiger partial charge in [-0.05, 0) is 67.1 Å². The Kier molecular flexibility index (Phi) is 6.63. The molecule has 0 spiro atoms. The second-order valence-corrected chi connectivity index (χ2v) is 9.13. The third-order valence-corrected chi connectivity index (χ3v) is 6.32. The van der Waals surface area contributed by atoms with E-state index < -0.39 is 0 Å². The van der Waals surface area contributed by atoms with E-state index in [4.69, 9.17) is 4.74 Å². The van der Waals surface area contributed by atoms with Crippen molar-refractivity contribution in [2.75, 3.05) is 5.32 Å². The standard InChI is InChI=1S/C29H23N3O2S/c1-20(33)19-28-31-32-29(35-28)22-11-15-23(16-12-22)30-27-10-6-5-9-26(27)21-13-17-25(18-14-21)34-24-7-3-2-4-8-24/h2-18,30H,19H2,1H3. The molecule has 0 saturated carbocycles. The smallest absolute Gasteiger partial charge is 0.147 e. The van der Waals surface area contributed by atoms with E-state index >= 15 is 0 Å². The summed E-state index contributed by atoms with van der Waals surface area (Å²) in [5.41, 5.74) is 5.15. The van der Waals surface area contributed by atoms with Gasteiger partial charge in [0.25, 0.3) is 0 Å². The first-order chi connectivity index (χ1) is 17.1. The van der Waals surface area contributed by atoms with Crippen molar-refractivity contribution >= 4 is 28.5 Å². The third-order valence-electron chi connectivity index (χ3n) is 5.35. The number of hydrogen-bond donors (Lipinski definition) is 1. The van der Waals surface area contributed by atoms with Gasteiger partial charge in [0.1, 0.15) is 27.3 Å². The van der Waals surface area contributed by atoms with E-state index in [2.05, 4.69) is 39.8 Å². The number of rotatable bonds is 8. The molecule has 0 radical (unpaired) electrons. The second kappa shape index (κ2) is 10.3. The fourth-order valence-corrected chi connectivity index (χ4v) is 4.59. The molecule has 5 aromatic rings. The molecule has 0 saturated heterocycles. The van der Waals surface area contributed by atoms with Crippen molar-refractivity contribution in [3.05, 3.63) is 108 Å². The van der Waals surface area contributed by atoms with Crippen LogP contribution in [0.1, 0.15) is 11.9 Å². The minimum atomic E-state index is 0.0873. The van der Waals surface area contributed by atoms with E-state index in [1.165, 1.54) is 11.3 Å². The lowest BCUT2D eigenvalue weighted by Crippen LogP contribution is -1.94. The zero-order chi connectivity index (χ0) is 24.0. The number of ether oxygens (including phenoxy) is 1. The van der Waals surface area contributed by atoms with Gasteiger partial charge in [-0.15, -0.1) is 10.2 Å². The summed E-state index contributed by atoms with van der Waals surface area (Å²) in [5.74, 6) is 1.70. The average molecular weight is 478 g/mol. The summed E-state index contributed by atoms with van der Waals surface area (Å²) in [5, 5.41) is 13.4. The van der Waals surface area contributed by atoms with Gasteiger partial charge < -0.3 is 10.1 Å². The Morgan fingerprint density at radius 2 is 1.43 bits per heavy atom. The lowest BCUT2D eigenvalue weighted by molar-refractivity contribution is -0.116. The summed E-state index contributed by atoms with van der Waals surface area (Å²) < 4.78 is 5.92. The predicted octanol–water partition coefficient (Wildman–Crippen LogP) is 7.54. The quantitative estimate of drug-likeness (QED) is 0.250. The summed E-state index contributed by atoms with van der Waals surface area (Å²) in [6.07, 6.45) is 0.327.